The average Bonchev–Trinajstić information content (AvgIpc) is 2.78. The van der Waals surface area contributed by atoms with Gasteiger partial charge in [-0.15, -0.1) is 0 Å². The molecule has 0 unspecified atom stereocenters. The third-order valence-electron chi connectivity index (χ3n) is 4.79. The van der Waals surface area contributed by atoms with Gasteiger partial charge in [0.05, 0.1) is 18.1 Å². The summed E-state index contributed by atoms with van der Waals surface area (Å²) in [5.74, 6) is -0.611. The van der Waals surface area contributed by atoms with Gasteiger partial charge in [-0.05, 0) is 42.0 Å². The second-order valence-corrected chi connectivity index (χ2v) is 9.09. The molecule has 0 radical (unpaired) electrons. The fraction of sp³-hybridized carbons (Fsp3) is 0.273. The van der Waals surface area contributed by atoms with E-state index in [1.807, 2.05) is 49.3 Å². The molecule has 1 fully saturated rings. The van der Waals surface area contributed by atoms with E-state index in [-0.39, 0.29) is 23.6 Å². The van der Waals surface area contributed by atoms with E-state index in [1.165, 1.54) is 22.5 Å². The van der Waals surface area contributed by atoms with Gasteiger partial charge in [-0.25, -0.2) is 8.42 Å². The number of carbonyl (C=O) groups excluding carboxylic acids is 1. The number of carbonyl (C=O) groups is 1. The minimum absolute atomic E-state index is 0.0777. The molecule has 8 nitrogen and oxygen atoms in total. The zero-order chi connectivity index (χ0) is 22.4. The van der Waals surface area contributed by atoms with Crippen molar-refractivity contribution in [3.8, 4) is 6.07 Å². The summed E-state index contributed by atoms with van der Waals surface area (Å²) >= 11 is 0. The third kappa shape index (κ3) is 5.49. The van der Waals surface area contributed by atoms with Crippen molar-refractivity contribution in [3.63, 3.8) is 0 Å². The molecule has 1 N–H and O–H groups in total. The van der Waals surface area contributed by atoms with E-state index < -0.39 is 15.9 Å². The number of nitrogens with one attached hydrogen (secondary N) is 1. The van der Waals surface area contributed by atoms with Crippen molar-refractivity contribution in [1.29, 1.82) is 5.26 Å². The molecule has 1 saturated heterocycles. The number of nitriles is 1. The number of rotatable bonds is 6. The van der Waals surface area contributed by atoms with E-state index in [9.17, 15) is 18.5 Å². The number of anilines is 2. The van der Waals surface area contributed by atoms with E-state index in [4.69, 9.17) is 4.74 Å². The number of amides is 1. The summed E-state index contributed by atoms with van der Waals surface area (Å²) in [7, 11) is 0.159. The molecule has 162 valence electrons. The minimum Gasteiger partial charge on any atom is -0.379 e. The van der Waals surface area contributed by atoms with Crippen LogP contribution in [0.1, 0.15) is 5.56 Å². The summed E-state index contributed by atoms with van der Waals surface area (Å²) in [5.41, 5.74) is 1.92. The lowest BCUT2D eigenvalue weighted by Crippen LogP contribution is -2.40. The van der Waals surface area contributed by atoms with Crippen LogP contribution in [0.15, 0.2) is 59.0 Å². The van der Waals surface area contributed by atoms with Crippen molar-refractivity contribution < 1.29 is 17.9 Å². The van der Waals surface area contributed by atoms with Crippen molar-refractivity contribution in [2.75, 3.05) is 50.6 Å². The van der Waals surface area contributed by atoms with E-state index in [0.29, 0.717) is 24.5 Å². The maximum atomic E-state index is 12.8. The highest BCUT2D eigenvalue weighted by Gasteiger charge is 2.26. The first kappa shape index (κ1) is 22.5. The van der Waals surface area contributed by atoms with Crippen molar-refractivity contribution in [3.05, 3.63) is 59.7 Å². The molecule has 0 spiro atoms. The van der Waals surface area contributed by atoms with Crippen LogP contribution in [-0.4, -0.2) is 59.0 Å². The highest BCUT2D eigenvalue weighted by Crippen LogP contribution is 2.21. The minimum atomic E-state index is -3.69. The van der Waals surface area contributed by atoms with Crippen LogP contribution in [0.5, 0.6) is 0 Å². The fourth-order valence-electron chi connectivity index (χ4n) is 3.05. The van der Waals surface area contributed by atoms with Crippen LogP contribution in [0, 0.1) is 11.3 Å². The van der Waals surface area contributed by atoms with E-state index >= 15 is 0 Å². The van der Waals surface area contributed by atoms with Gasteiger partial charge in [0.15, 0.2) is 0 Å². The molecule has 2 aromatic carbocycles. The van der Waals surface area contributed by atoms with E-state index in [2.05, 4.69) is 5.32 Å². The molecular formula is C22H24N4O4S. The summed E-state index contributed by atoms with van der Waals surface area (Å²) < 4.78 is 32.2. The van der Waals surface area contributed by atoms with Crippen LogP contribution >= 0.6 is 0 Å². The molecule has 0 atom stereocenters. The fourth-order valence-corrected chi connectivity index (χ4v) is 4.51. The number of ether oxygens (including phenoxy) is 1. The second-order valence-electron chi connectivity index (χ2n) is 7.15. The van der Waals surface area contributed by atoms with Crippen LogP contribution in [-0.2, 0) is 19.6 Å². The maximum absolute atomic E-state index is 12.8. The SMILES string of the molecule is CN(C)c1ccc(/C=C(\C#N)C(=O)Nc2cccc(S(=O)(=O)N3CCOCC3)c2)cc1. The monoisotopic (exact) mass is 440 g/mol. The molecular weight excluding hydrogens is 416 g/mol. The predicted octanol–water partition coefficient (Wildman–Crippen LogP) is 2.32. The van der Waals surface area contributed by atoms with Crippen LogP contribution in [0.4, 0.5) is 11.4 Å². The highest BCUT2D eigenvalue weighted by molar-refractivity contribution is 7.89. The third-order valence-corrected chi connectivity index (χ3v) is 6.68. The van der Waals surface area contributed by atoms with Gasteiger partial charge in [0.1, 0.15) is 11.6 Å². The molecule has 1 amide bonds. The summed E-state index contributed by atoms with van der Waals surface area (Å²) in [6.45, 7) is 1.27. The largest absolute Gasteiger partial charge is 0.379 e. The van der Waals surface area contributed by atoms with Gasteiger partial charge >= 0.3 is 0 Å². The Balaban J connectivity index is 1.77. The first-order chi connectivity index (χ1) is 14.8. The van der Waals surface area contributed by atoms with Gasteiger partial charge in [-0.1, -0.05) is 18.2 Å². The number of nitrogens with zero attached hydrogens (tertiary/aromatic N) is 3. The predicted molar refractivity (Wildman–Crippen MR) is 119 cm³/mol. The summed E-state index contributed by atoms with van der Waals surface area (Å²) in [6.07, 6.45) is 1.49. The standard InChI is InChI=1S/C22H24N4O4S/c1-25(2)20-8-6-17(7-9-20)14-18(16-23)22(27)24-19-4-3-5-21(15-19)31(28,29)26-10-12-30-13-11-26/h3-9,14-15H,10-13H2,1-2H3,(H,24,27)/b18-14+. The smallest absolute Gasteiger partial charge is 0.266 e. The normalized spacial score (nSPS) is 15.2. The van der Waals surface area contributed by atoms with E-state index in [1.54, 1.807) is 12.1 Å². The lowest BCUT2D eigenvalue weighted by molar-refractivity contribution is -0.112. The molecule has 1 aliphatic rings. The highest BCUT2D eigenvalue weighted by atomic mass is 32.2. The number of hydrogen-bond donors (Lipinski definition) is 1. The Bertz CT molecular complexity index is 1110. The zero-order valence-corrected chi connectivity index (χ0v) is 18.2. The van der Waals surface area contributed by atoms with Crippen LogP contribution in [0.2, 0.25) is 0 Å². The summed E-state index contributed by atoms with van der Waals surface area (Å²) in [4.78, 5) is 14.6. The number of morpholine rings is 1. The summed E-state index contributed by atoms with van der Waals surface area (Å²) in [6, 6.07) is 15.3. The summed E-state index contributed by atoms with van der Waals surface area (Å²) in [5, 5.41) is 12.0. The van der Waals surface area contributed by atoms with E-state index in [0.717, 1.165) is 5.69 Å². The molecule has 0 aliphatic carbocycles. The van der Waals surface area contributed by atoms with Gasteiger partial charge in [-0.2, -0.15) is 9.57 Å². The molecule has 2 aromatic rings. The Hall–Kier alpha value is -3.19. The molecule has 3 rings (SSSR count). The first-order valence-corrected chi connectivity index (χ1v) is 11.1. The molecule has 1 heterocycles. The Morgan fingerprint density at radius 1 is 1.16 bits per heavy atom. The van der Waals surface area contributed by atoms with Crippen LogP contribution < -0.4 is 10.2 Å². The first-order valence-electron chi connectivity index (χ1n) is 9.70. The van der Waals surface area contributed by atoms with Gasteiger partial charge in [-0.3, -0.25) is 4.79 Å². The van der Waals surface area contributed by atoms with Crippen molar-refractivity contribution in [1.82, 2.24) is 4.31 Å². The lowest BCUT2D eigenvalue weighted by atomic mass is 10.1. The molecule has 0 aromatic heterocycles. The van der Waals surface area contributed by atoms with Crippen molar-refractivity contribution in [2.45, 2.75) is 4.90 Å². The van der Waals surface area contributed by atoms with Gasteiger partial charge in [0.25, 0.3) is 5.91 Å². The Labute approximate surface area is 182 Å². The van der Waals surface area contributed by atoms with Gasteiger partial charge < -0.3 is 15.0 Å². The van der Waals surface area contributed by atoms with Gasteiger partial charge in [0, 0.05) is 38.6 Å². The number of hydrogen-bond acceptors (Lipinski definition) is 6. The Morgan fingerprint density at radius 2 is 1.84 bits per heavy atom. The lowest BCUT2D eigenvalue weighted by Gasteiger charge is -2.26. The topological polar surface area (TPSA) is 103 Å². The van der Waals surface area contributed by atoms with Crippen molar-refractivity contribution >= 4 is 33.4 Å². The van der Waals surface area contributed by atoms with Crippen LogP contribution in [0.25, 0.3) is 6.08 Å². The number of sulfonamides is 1. The quantitative estimate of drug-likeness (QED) is 0.546. The zero-order valence-electron chi connectivity index (χ0n) is 17.4. The van der Waals surface area contributed by atoms with Crippen LogP contribution in [0.3, 0.4) is 0 Å². The molecule has 31 heavy (non-hydrogen) atoms. The second kappa shape index (κ2) is 9.75. The Kier molecular flexibility index (Phi) is 7.07. The number of benzene rings is 2. The average molecular weight is 441 g/mol. The molecule has 0 saturated carbocycles. The molecule has 9 heteroatoms. The molecule has 1 aliphatic heterocycles. The molecule has 0 bridgehead atoms. The van der Waals surface area contributed by atoms with Crippen molar-refractivity contribution in [2.24, 2.45) is 0 Å². The maximum Gasteiger partial charge on any atom is 0.266 e. The van der Waals surface area contributed by atoms with Gasteiger partial charge in [0.2, 0.25) is 10.0 Å². The Morgan fingerprint density at radius 3 is 2.45 bits per heavy atom.